The number of hydrogen-bond acceptors (Lipinski definition) is 6. The summed E-state index contributed by atoms with van der Waals surface area (Å²) < 4.78 is 25.4. The Morgan fingerprint density at radius 3 is 2.88 bits per heavy atom. The van der Waals surface area contributed by atoms with Crippen molar-refractivity contribution < 1.29 is 18.7 Å². The van der Waals surface area contributed by atoms with E-state index in [0.29, 0.717) is 31.2 Å². The van der Waals surface area contributed by atoms with Gasteiger partial charge in [0.2, 0.25) is 0 Å². The van der Waals surface area contributed by atoms with Crippen LogP contribution in [0.3, 0.4) is 0 Å². The van der Waals surface area contributed by atoms with E-state index in [1.54, 1.807) is 30.1 Å². The van der Waals surface area contributed by atoms with Gasteiger partial charge in [-0.15, -0.1) is 0 Å². The maximum absolute atomic E-state index is 14.6. The van der Waals surface area contributed by atoms with Crippen molar-refractivity contribution in [2.24, 2.45) is 11.0 Å². The summed E-state index contributed by atoms with van der Waals surface area (Å²) in [6.45, 7) is 4.84. The molecule has 0 spiro atoms. The van der Waals surface area contributed by atoms with Crippen LogP contribution in [0.5, 0.6) is 0 Å². The van der Waals surface area contributed by atoms with E-state index >= 15 is 0 Å². The lowest BCUT2D eigenvalue weighted by Gasteiger charge is -2.48. The lowest BCUT2D eigenvalue weighted by molar-refractivity contribution is -0.135. The summed E-state index contributed by atoms with van der Waals surface area (Å²) in [6, 6.07) is 6.63. The molecule has 1 saturated carbocycles. The number of morpholine rings is 1. The summed E-state index contributed by atoms with van der Waals surface area (Å²) >= 11 is 0. The first kappa shape index (κ1) is 17.4. The molecule has 0 N–H and O–H groups in total. The normalized spacial score (nSPS) is 28.8. The maximum Gasteiger partial charge on any atom is 0.354 e. The summed E-state index contributed by atoms with van der Waals surface area (Å²) in [7, 11) is 0. The summed E-state index contributed by atoms with van der Waals surface area (Å²) in [5, 5.41) is 6.37. The molecule has 0 aromatic heterocycles. The number of anilines is 1. The first-order chi connectivity index (χ1) is 12.7. The fourth-order valence-corrected chi connectivity index (χ4v) is 4.58. The lowest BCUT2D eigenvalue weighted by Crippen LogP contribution is -2.62. The Bertz CT molecular complexity index is 720. The van der Waals surface area contributed by atoms with Crippen LogP contribution >= 0.6 is 0 Å². The number of carbonyl (C=O) groups excluding carboxylic acids is 1. The van der Waals surface area contributed by atoms with E-state index in [1.165, 1.54) is 6.07 Å². The number of ether oxygens (including phenoxy) is 2. The Hall–Kier alpha value is -1.99. The average molecular weight is 361 g/mol. The van der Waals surface area contributed by atoms with E-state index in [4.69, 9.17) is 9.47 Å². The first-order valence-electron chi connectivity index (χ1n) is 9.31. The highest BCUT2D eigenvalue weighted by atomic mass is 19.1. The van der Waals surface area contributed by atoms with Gasteiger partial charge >= 0.3 is 5.97 Å². The number of esters is 1. The van der Waals surface area contributed by atoms with Crippen molar-refractivity contribution in [3.05, 3.63) is 30.1 Å². The third-order valence-corrected chi connectivity index (χ3v) is 5.62. The number of halogens is 1. The predicted molar refractivity (Wildman–Crippen MR) is 95.4 cm³/mol. The Balaban J connectivity index is 1.81. The van der Waals surface area contributed by atoms with Crippen LogP contribution in [0.1, 0.15) is 26.2 Å². The molecular weight excluding hydrogens is 337 g/mol. The molecule has 2 heterocycles. The molecule has 2 atom stereocenters. The molecule has 2 unspecified atom stereocenters. The lowest BCUT2D eigenvalue weighted by atomic mass is 9.89. The molecular formula is C19H24FN3O3. The first-order valence-corrected chi connectivity index (χ1v) is 9.31. The van der Waals surface area contributed by atoms with Crippen molar-refractivity contribution in [2.75, 3.05) is 37.9 Å². The third kappa shape index (κ3) is 2.61. The summed E-state index contributed by atoms with van der Waals surface area (Å²) in [5.74, 6) is -0.810. The van der Waals surface area contributed by atoms with E-state index in [9.17, 15) is 9.18 Å². The van der Waals surface area contributed by atoms with Crippen LogP contribution in [0.4, 0.5) is 10.1 Å². The minimum atomic E-state index is -0.520. The quantitative estimate of drug-likeness (QED) is 0.771. The van der Waals surface area contributed by atoms with E-state index in [1.807, 2.05) is 0 Å². The van der Waals surface area contributed by atoms with Gasteiger partial charge in [0.15, 0.2) is 5.71 Å². The number of carbonyl (C=O) groups is 1. The molecule has 3 aliphatic rings. The van der Waals surface area contributed by atoms with E-state index in [2.05, 4.69) is 10.0 Å². The zero-order chi connectivity index (χ0) is 18.1. The van der Waals surface area contributed by atoms with Crippen molar-refractivity contribution >= 4 is 17.4 Å². The Labute approximate surface area is 152 Å². The zero-order valence-corrected chi connectivity index (χ0v) is 15.0. The largest absolute Gasteiger partial charge is 0.461 e. The summed E-state index contributed by atoms with van der Waals surface area (Å²) in [4.78, 5) is 14.9. The van der Waals surface area contributed by atoms with Crippen LogP contribution in [0, 0.1) is 11.7 Å². The molecule has 2 fully saturated rings. The standard InChI is InChI=1S/C19H24FN3O3/c1-2-26-18(24)17-14-6-5-9-19(14,22-10-12-25-13-11-22)23(21-17)16-8-4-3-7-15(16)20/h3-4,7-8,14H,2,5-6,9-13H2,1H3. The molecule has 4 rings (SSSR count). The van der Waals surface area contributed by atoms with Gasteiger partial charge in [0, 0.05) is 19.0 Å². The third-order valence-electron chi connectivity index (χ3n) is 5.62. The van der Waals surface area contributed by atoms with Crippen LogP contribution < -0.4 is 5.01 Å². The minimum absolute atomic E-state index is 0.0840. The number of nitrogens with zero attached hydrogens (tertiary/aromatic N) is 3. The Kier molecular flexibility index (Phi) is 4.67. The smallest absolute Gasteiger partial charge is 0.354 e. The molecule has 26 heavy (non-hydrogen) atoms. The van der Waals surface area contributed by atoms with Crippen molar-refractivity contribution in [1.82, 2.24) is 4.90 Å². The summed E-state index contributed by atoms with van der Waals surface area (Å²) in [5.41, 5.74) is 0.304. The van der Waals surface area contributed by atoms with Crippen LogP contribution in [0.25, 0.3) is 0 Å². The van der Waals surface area contributed by atoms with E-state index in [0.717, 1.165) is 32.4 Å². The molecule has 1 aromatic carbocycles. The summed E-state index contributed by atoms with van der Waals surface area (Å²) in [6.07, 6.45) is 2.64. The number of fused-ring (bicyclic) bond motifs is 1. The molecule has 6 nitrogen and oxygen atoms in total. The number of para-hydroxylation sites is 1. The van der Waals surface area contributed by atoms with E-state index < -0.39 is 11.6 Å². The van der Waals surface area contributed by atoms with E-state index in [-0.39, 0.29) is 11.7 Å². The van der Waals surface area contributed by atoms with Gasteiger partial charge < -0.3 is 9.47 Å². The zero-order valence-electron chi connectivity index (χ0n) is 15.0. The fourth-order valence-electron chi connectivity index (χ4n) is 4.58. The van der Waals surface area contributed by atoms with Gasteiger partial charge in [-0.2, -0.15) is 5.10 Å². The second-order valence-electron chi connectivity index (χ2n) is 6.89. The average Bonchev–Trinajstić information content (AvgIpc) is 3.22. The molecule has 1 saturated heterocycles. The second kappa shape index (κ2) is 6.96. The molecule has 0 amide bonds. The highest BCUT2D eigenvalue weighted by molar-refractivity contribution is 6.38. The fraction of sp³-hybridized carbons (Fsp3) is 0.579. The second-order valence-corrected chi connectivity index (χ2v) is 6.89. The SMILES string of the molecule is CCOC(=O)C1=NN(c2ccccc2F)C2(N3CCOCC3)CCCC12. The highest BCUT2D eigenvalue weighted by Gasteiger charge is 2.60. The van der Waals surface area contributed by atoms with Crippen molar-refractivity contribution in [1.29, 1.82) is 0 Å². The predicted octanol–water partition coefficient (Wildman–Crippen LogP) is 2.39. The van der Waals surface area contributed by atoms with Crippen LogP contribution in [0.15, 0.2) is 29.4 Å². The highest BCUT2D eigenvalue weighted by Crippen LogP contribution is 2.50. The van der Waals surface area contributed by atoms with Crippen molar-refractivity contribution in [3.8, 4) is 0 Å². The van der Waals surface area contributed by atoms with Gasteiger partial charge in [-0.05, 0) is 38.3 Å². The Morgan fingerprint density at radius 1 is 1.38 bits per heavy atom. The van der Waals surface area contributed by atoms with Crippen LogP contribution in [-0.2, 0) is 14.3 Å². The van der Waals surface area contributed by atoms with Crippen molar-refractivity contribution in [3.63, 3.8) is 0 Å². The molecule has 0 radical (unpaired) electrons. The Morgan fingerprint density at radius 2 is 2.15 bits per heavy atom. The van der Waals surface area contributed by atoms with Gasteiger partial charge in [-0.3, -0.25) is 4.90 Å². The van der Waals surface area contributed by atoms with Gasteiger partial charge in [-0.25, -0.2) is 14.2 Å². The maximum atomic E-state index is 14.6. The molecule has 1 aliphatic carbocycles. The van der Waals surface area contributed by atoms with Crippen LogP contribution in [0.2, 0.25) is 0 Å². The molecule has 140 valence electrons. The van der Waals surface area contributed by atoms with Crippen molar-refractivity contribution in [2.45, 2.75) is 31.8 Å². The topological polar surface area (TPSA) is 54.4 Å². The molecule has 2 aliphatic heterocycles. The molecule has 1 aromatic rings. The van der Waals surface area contributed by atoms with Gasteiger partial charge in [0.1, 0.15) is 11.5 Å². The van der Waals surface area contributed by atoms with Gasteiger partial charge in [0.05, 0.1) is 25.5 Å². The monoisotopic (exact) mass is 361 g/mol. The number of hydrogen-bond donors (Lipinski definition) is 0. The van der Waals surface area contributed by atoms with Gasteiger partial charge in [-0.1, -0.05) is 12.1 Å². The molecule has 7 heteroatoms. The van der Waals surface area contributed by atoms with Gasteiger partial charge in [0.25, 0.3) is 0 Å². The number of rotatable bonds is 4. The van der Waals surface area contributed by atoms with Crippen LogP contribution in [-0.4, -0.2) is 55.2 Å². The molecule has 0 bridgehead atoms. The number of hydrazone groups is 1. The minimum Gasteiger partial charge on any atom is -0.461 e. The number of benzene rings is 1.